The van der Waals surface area contributed by atoms with E-state index in [9.17, 15) is 9.59 Å². The third-order valence-corrected chi connectivity index (χ3v) is 1.80. The summed E-state index contributed by atoms with van der Waals surface area (Å²) in [6.07, 6.45) is 3.34. The second-order valence-electron chi connectivity index (χ2n) is 2.90. The van der Waals surface area contributed by atoms with E-state index in [1.807, 2.05) is 0 Å². The summed E-state index contributed by atoms with van der Waals surface area (Å²) in [6, 6.07) is 3.43. The number of rotatable bonds is 3. The van der Waals surface area contributed by atoms with Crippen LogP contribution in [0.4, 0.5) is 0 Å². The average molecular weight is 194 g/mol. The van der Waals surface area contributed by atoms with E-state index in [0.29, 0.717) is 5.56 Å². The first-order valence-electron chi connectivity index (χ1n) is 4.20. The van der Waals surface area contributed by atoms with Crippen molar-refractivity contribution < 1.29 is 18.9 Å². The van der Waals surface area contributed by atoms with Gasteiger partial charge in [0.25, 0.3) is 0 Å². The molecule has 0 N–H and O–H groups in total. The van der Waals surface area contributed by atoms with Crippen LogP contribution in [0.25, 0.3) is 0 Å². The molecule has 74 valence electrons. The van der Waals surface area contributed by atoms with E-state index in [4.69, 9.17) is 0 Å². The third kappa shape index (κ3) is 2.65. The molecule has 1 rings (SSSR count). The van der Waals surface area contributed by atoms with E-state index >= 15 is 0 Å². The molecule has 0 aliphatic heterocycles. The Morgan fingerprint density at radius 2 is 2.21 bits per heavy atom. The summed E-state index contributed by atoms with van der Waals surface area (Å²) in [5.74, 6) is -0.361. The quantitative estimate of drug-likeness (QED) is 0.396. The number of carbonyl (C=O) groups excluding carboxylic acids is 2. The van der Waals surface area contributed by atoms with Crippen LogP contribution in [0.3, 0.4) is 0 Å². The predicted octanol–water partition coefficient (Wildman–Crippen LogP) is 0.350. The molecule has 0 spiro atoms. The van der Waals surface area contributed by atoms with E-state index in [2.05, 4.69) is 4.74 Å². The number of hydrogen-bond donors (Lipinski definition) is 0. The molecule has 1 aromatic rings. The van der Waals surface area contributed by atoms with Gasteiger partial charge in [0.2, 0.25) is 6.54 Å². The van der Waals surface area contributed by atoms with Gasteiger partial charge in [-0.2, -0.15) is 4.57 Å². The van der Waals surface area contributed by atoms with Crippen LogP contribution in [-0.4, -0.2) is 18.9 Å². The average Bonchev–Trinajstić information content (AvgIpc) is 2.18. The van der Waals surface area contributed by atoms with Crippen molar-refractivity contribution in [2.45, 2.75) is 13.5 Å². The minimum atomic E-state index is -0.337. The van der Waals surface area contributed by atoms with Gasteiger partial charge in [-0.3, -0.25) is 4.79 Å². The summed E-state index contributed by atoms with van der Waals surface area (Å²) in [7, 11) is 1.33. The Morgan fingerprint density at radius 1 is 1.50 bits per heavy atom. The van der Waals surface area contributed by atoms with Gasteiger partial charge >= 0.3 is 5.97 Å². The zero-order valence-corrected chi connectivity index (χ0v) is 8.19. The zero-order chi connectivity index (χ0) is 10.6. The molecule has 0 unspecified atom stereocenters. The lowest BCUT2D eigenvalue weighted by Crippen LogP contribution is -2.38. The molecule has 0 saturated carbocycles. The van der Waals surface area contributed by atoms with Crippen LogP contribution in [0.15, 0.2) is 24.5 Å². The monoisotopic (exact) mass is 194 g/mol. The van der Waals surface area contributed by atoms with Gasteiger partial charge in [-0.15, -0.1) is 0 Å². The van der Waals surface area contributed by atoms with E-state index in [1.54, 1.807) is 29.1 Å². The van der Waals surface area contributed by atoms with Gasteiger partial charge in [0.15, 0.2) is 18.2 Å². The number of nitrogens with zero attached hydrogens (tertiary/aromatic N) is 1. The van der Waals surface area contributed by atoms with Gasteiger partial charge in [-0.05, 0) is 13.0 Å². The van der Waals surface area contributed by atoms with Crippen molar-refractivity contribution in [2.75, 3.05) is 7.11 Å². The molecule has 1 heterocycles. The van der Waals surface area contributed by atoms with Crippen LogP contribution in [0, 0.1) is 0 Å². The molecule has 0 aromatic carbocycles. The highest BCUT2D eigenvalue weighted by Crippen LogP contribution is 1.94. The summed E-state index contributed by atoms with van der Waals surface area (Å²) >= 11 is 0. The highest BCUT2D eigenvalue weighted by Gasteiger charge is 2.10. The number of carbonyl (C=O) groups is 2. The zero-order valence-electron chi connectivity index (χ0n) is 8.19. The van der Waals surface area contributed by atoms with Crippen LogP contribution in [0.5, 0.6) is 0 Å². The fourth-order valence-corrected chi connectivity index (χ4v) is 1.04. The number of esters is 1. The lowest BCUT2D eigenvalue weighted by molar-refractivity contribution is -0.686. The van der Waals surface area contributed by atoms with E-state index in [1.165, 1.54) is 14.0 Å². The molecule has 0 saturated heterocycles. The smallest absolute Gasteiger partial charge is 0.372 e. The Balaban J connectivity index is 2.83. The molecule has 0 atom stereocenters. The Labute approximate surface area is 82.1 Å². The lowest BCUT2D eigenvalue weighted by Gasteiger charge is -1.96. The Kier molecular flexibility index (Phi) is 3.34. The number of ketones is 1. The van der Waals surface area contributed by atoms with Crippen LogP contribution < -0.4 is 4.57 Å². The number of methoxy groups -OCH3 is 1. The maximum atomic E-state index is 11.0. The SMILES string of the molecule is COC(=O)C[n+]1cccc(C(C)=O)c1. The third-order valence-electron chi connectivity index (χ3n) is 1.80. The first-order valence-corrected chi connectivity index (χ1v) is 4.20. The summed E-state index contributed by atoms with van der Waals surface area (Å²) < 4.78 is 6.12. The van der Waals surface area contributed by atoms with Crippen LogP contribution in [0.2, 0.25) is 0 Å². The highest BCUT2D eigenvalue weighted by molar-refractivity contribution is 5.93. The summed E-state index contributed by atoms with van der Waals surface area (Å²) in [6.45, 7) is 1.61. The van der Waals surface area contributed by atoms with E-state index in [-0.39, 0.29) is 18.3 Å². The van der Waals surface area contributed by atoms with Gasteiger partial charge < -0.3 is 4.74 Å². The van der Waals surface area contributed by atoms with Crippen LogP contribution in [-0.2, 0) is 16.1 Å². The predicted molar refractivity (Wildman–Crippen MR) is 48.7 cm³/mol. The molecule has 0 bridgehead atoms. The van der Waals surface area contributed by atoms with Crippen molar-refractivity contribution in [1.29, 1.82) is 0 Å². The number of ether oxygens (including phenoxy) is 1. The van der Waals surface area contributed by atoms with Crippen molar-refractivity contribution in [3.05, 3.63) is 30.1 Å². The number of Topliss-reactive ketones (excluding diaryl/α,β-unsaturated/α-hetero) is 1. The molecule has 0 fully saturated rings. The molecule has 0 radical (unpaired) electrons. The largest absolute Gasteiger partial charge is 0.464 e. The minimum Gasteiger partial charge on any atom is -0.464 e. The normalized spacial score (nSPS) is 9.57. The standard InChI is InChI=1S/C10H12NO3/c1-8(12)9-4-3-5-11(6-9)7-10(13)14-2/h3-6H,7H2,1-2H3/q+1. The van der Waals surface area contributed by atoms with Crippen molar-refractivity contribution in [2.24, 2.45) is 0 Å². The Morgan fingerprint density at radius 3 is 2.79 bits per heavy atom. The molecule has 4 heteroatoms. The minimum absolute atomic E-state index is 0.0239. The molecule has 0 aliphatic rings. The van der Waals surface area contributed by atoms with Gasteiger partial charge in [0.1, 0.15) is 0 Å². The number of aromatic nitrogens is 1. The fourth-order valence-electron chi connectivity index (χ4n) is 1.04. The Hall–Kier alpha value is -1.71. The van der Waals surface area contributed by atoms with Gasteiger partial charge in [-0.1, -0.05) is 0 Å². The lowest BCUT2D eigenvalue weighted by atomic mass is 10.2. The maximum absolute atomic E-state index is 11.0. The van der Waals surface area contributed by atoms with Crippen LogP contribution in [0.1, 0.15) is 17.3 Å². The van der Waals surface area contributed by atoms with Crippen molar-refractivity contribution in [3.8, 4) is 0 Å². The van der Waals surface area contributed by atoms with Crippen molar-refractivity contribution in [3.63, 3.8) is 0 Å². The van der Waals surface area contributed by atoms with Crippen LogP contribution >= 0.6 is 0 Å². The second kappa shape index (κ2) is 4.50. The molecular formula is C10H12NO3+. The van der Waals surface area contributed by atoms with Gasteiger partial charge in [0, 0.05) is 6.07 Å². The van der Waals surface area contributed by atoms with Crippen molar-refractivity contribution >= 4 is 11.8 Å². The summed E-state index contributed by atoms with van der Waals surface area (Å²) in [4.78, 5) is 22.0. The number of pyridine rings is 1. The molecule has 4 nitrogen and oxygen atoms in total. The molecule has 0 amide bonds. The molecule has 1 aromatic heterocycles. The summed E-state index contributed by atoms with van der Waals surface area (Å²) in [5.41, 5.74) is 0.580. The molecule has 0 aliphatic carbocycles. The fraction of sp³-hybridized carbons (Fsp3) is 0.300. The van der Waals surface area contributed by atoms with E-state index in [0.717, 1.165) is 0 Å². The van der Waals surface area contributed by atoms with Crippen molar-refractivity contribution in [1.82, 2.24) is 0 Å². The first kappa shape index (κ1) is 10.4. The topological polar surface area (TPSA) is 47.2 Å². The van der Waals surface area contributed by atoms with Gasteiger partial charge in [-0.25, -0.2) is 4.79 Å². The first-order chi connectivity index (χ1) is 6.63. The van der Waals surface area contributed by atoms with E-state index < -0.39 is 0 Å². The highest BCUT2D eigenvalue weighted by atomic mass is 16.5. The summed E-state index contributed by atoms with van der Waals surface area (Å²) in [5, 5.41) is 0. The Bertz CT molecular complexity index is 360. The second-order valence-corrected chi connectivity index (χ2v) is 2.90. The molecule has 14 heavy (non-hydrogen) atoms. The van der Waals surface area contributed by atoms with Gasteiger partial charge in [0.05, 0.1) is 12.7 Å². The maximum Gasteiger partial charge on any atom is 0.372 e. The molecular weight excluding hydrogens is 182 g/mol. The number of hydrogen-bond acceptors (Lipinski definition) is 3.